The van der Waals surface area contributed by atoms with Gasteiger partial charge in [0.2, 0.25) is 0 Å². The molecule has 2 aromatic carbocycles. The molecule has 1 aliphatic carbocycles. The molecule has 2 nitrogen and oxygen atoms in total. The van der Waals surface area contributed by atoms with Crippen molar-refractivity contribution < 1.29 is 9.90 Å². The molecule has 0 saturated carbocycles. The number of aromatic hydroxyl groups is 1. The summed E-state index contributed by atoms with van der Waals surface area (Å²) in [4.78, 5) is 11.9. The number of hydrogen-bond acceptors (Lipinski definition) is 2. The summed E-state index contributed by atoms with van der Waals surface area (Å²) in [7, 11) is 0. The number of carbonyl (C=O) groups is 1. The highest BCUT2D eigenvalue weighted by molar-refractivity contribution is 6.02. The maximum atomic E-state index is 11.9. The molecule has 17 heavy (non-hydrogen) atoms. The van der Waals surface area contributed by atoms with Gasteiger partial charge in [0.25, 0.3) is 0 Å². The lowest BCUT2D eigenvalue weighted by Crippen LogP contribution is -1.96. The summed E-state index contributed by atoms with van der Waals surface area (Å²) in [5.74, 6) is 0.340. The van der Waals surface area contributed by atoms with Gasteiger partial charge in [0, 0.05) is 23.5 Å². The topological polar surface area (TPSA) is 37.3 Å². The van der Waals surface area contributed by atoms with Crippen molar-refractivity contribution in [3.05, 3.63) is 65.2 Å². The van der Waals surface area contributed by atoms with E-state index in [0.717, 1.165) is 11.1 Å². The molecule has 0 aromatic heterocycles. The number of Topliss-reactive ketones (excluding diaryl/α,β-unsaturated/α-hetero) is 1. The highest BCUT2D eigenvalue weighted by Crippen LogP contribution is 2.42. The fourth-order valence-electron chi connectivity index (χ4n) is 2.53. The Morgan fingerprint density at radius 3 is 2.53 bits per heavy atom. The summed E-state index contributed by atoms with van der Waals surface area (Å²) < 4.78 is 0. The van der Waals surface area contributed by atoms with Crippen LogP contribution in [0, 0.1) is 0 Å². The van der Waals surface area contributed by atoms with Crippen LogP contribution in [0.15, 0.2) is 48.5 Å². The van der Waals surface area contributed by atoms with E-state index < -0.39 is 0 Å². The van der Waals surface area contributed by atoms with E-state index in [-0.39, 0.29) is 17.5 Å². The normalized spacial score (nSPS) is 18.1. The Labute approximate surface area is 99.5 Å². The number of benzene rings is 2. The number of ketones is 1. The van der Waals surface area contributed by atoms with E-state index in [2.05, 4.69) is 0 Å². The van der Waals surface area contributed by atoms with Crippen LogP contribution in [-0.4, -0.2) is 10.9 Å². The first-order valence-electron chi connectivity index (χ1n) is 5.67. The Kier molecular flexibility index (Phi) is 2.22. The zero-order valence-corrected chi connectivity index (χ0v) is 9.26. The van der Waals surface area contributed by atoms with Crippen LogP contribution in [0.5, 0.6) is 5.75 Å². The van der Waals surface area contributed by atoms with Crippen molar-refractivity contribution in [2.75, 3.05) is 0 Å². The highest BCUT2D eigenvalue weighted by Gasteiger charge is 2.32. The van der Waals surface area contributed by atoms with Crippen LogP contribution in [0.4, 0.5) is 0 Å². The predicted octanol–water partition coefficient (Wildman–Crippen LogP) is 3.11. The predicted molar refractivity (Wildman–Crippen MR) is 65.3 cm³/mol. The summed E-state index contributed by atoms with van der Waals surface area (Å²) in [5.41, 5.74) is 2.53. The summed E-state index contributed by atoms with van der Waals surface area (Å²) in [5, 5.41) is 9.93. The number of rotatable bonds is 1. The SMILES string of the molecule is O=C1CC(c2ccccc2)c2c(O)cccc21. The fourth-order valence-corrected chi connectivity index (χ4v) is 2.53. The molecule has 0 radical (unpaired) electrons. The second kappa shape index (κ2) is 3.74. The Morgan fingerprint density at radius 2 is 1.76 bits per heavy atom. The van der Waals surface area contributed by atoms with Crippen LogP contribution >= 0.6 is 0 Å². The minimum atomic E-state index is -0.0000926. The van der Waals surface area contributed by atoms with Gasteiger partial charge < -0.3 is 5.11 Å². The molecular formula is C15H12O2. The van der Waals surface area contributed by atoms with Crippen LogP contribution in [0.1, 0.15) is 33.8 Å². The number of hydrogen-bond donors (Lipinski definition) is 1. The van der Waals surface area contributed by atoms with Gasteiger partial charge in [-0.15, -0.1) is 0 Å². The van der Waals surface area contributed by atoms with E-state index in [1.54, 1.807) is 18.2 Å². The maximum Gasteiger partial charge on any atom is 0.164 e. The minimum absolute atomic E-state index is 0.0000926. The molecule has 0 aliphatic heterocycles. The number of phenolic OH excluding ortho intramolecular Hbond substituents is 1. The average molecular weight is 224 g/mol. The number of fused-ring (bicyclic) bond motifs is 1. The van der Waals surface area contributed by atoms with Crippen LogP contribution in [0.3, 0.4) is 0 Å². The quantitative estimate of drug-likeness (QED) is 0.808. The zero-order chi connectivity index (χ0) is 11.8. The molecule has 1 unspecified atom stereocenters. The monoisotopic (exact) mass is 224 g/mol. The summed E-state index contributed by atoms with van der Waals surface area (Å²) >= 11 is 0. The molecule has 84 valence electrons. The van der Waals surface area contributed by atoms with Gasteiger partial charge in [0.1, 0.15) is 5.75 Å². The van der Waals surface area contributed by atoms with Gasteiger partial charge >= 0.3 is 0 Å². The fraction of sp³-hybridized carbons (Fsp3) is 0.133. The average Bonchev–Trinajstić information content (AvgIpc) is 2.70. The molecule has 1 aliphatic rings. The molecule has 3 rings (SSSR count). The molecule has 2 heteroatoms. The molecule has 0 saturated heterocycles. The summed E-state index contributed by atoms with van der Waals surface area (Å²) in [6.07, 6.45) is 0.455. The van der Waals surface area contributed by atoms with Gasteiger partial charge in [-0.25, -0.2) is 0 Å². The molecule has 2 aromatic rings. The molecule has 0 amide bonds. The standard InChI is InChI=1S/C15H12O2/c16-13-8-4-7-11-14(17)9-12(15(11)13)10-5-2-1-3-6-10/h1-8,12,16H,9H2. The molecule has 0 spiro atoms. The van der Waals surface area contributed by atoms with Crippen molar-refractivity contribution in [3.8, 4) is 5.75 Å². The second-order valence-electron chi connectivity index (χ2n) is 4.33. The Bertz CT molecular complexity index is 573. The maximum absolute atomic E-state index is 11.9. The van der Waals surface area contributed by atoms with Crippen molar-refractivity contribution in [2.24, 2.45) is 0 Å². The van der Waals surface area contributed by atoms with E-state index in [9.17, 15) is 9.90 Å². The Hall–Kier alpha value is -2.09. The molecule has 1 N–H and O–H groups in total. The van der Waals surface area contributed by atoms with Crippen molar-refractivity contribution in [3.63, 3.8) is 0 Å². The van der Waals surface area contributed by atoms with Crippen LogP contribution in [-0.2, 0) is 0 Å². The third-order valence-corrected chi connectivity index (χ3v) is 3.32. The Morgan fingerprint density at radius 1 is 1.00 bits per heavy atom. The third kappa shape index (κ3) is 1.53. The van der Waals surface area contributed by atoms with Crippen LogP contribution in [0.2, 0.25) is 0 Å². The second-order valence-corrected chi connectivity index (χ2v) is 4.33. The van der Waals surface area contributed by atoms with Crippen LogP contribution in [0.25, 0.3) is 0 Å². The number of phenols is 1. The van der Waals surface area contributed by atoms with Gasteiger partial charge in [-0.1, -0.05) is 42.5 Å². The van der Waals surface area contributed by atoms with Gasteiger partial charge in [-0.3, -0.25) is 4.79 Å². The largest absolute Gasteiger partial charge is 0.508 e. The molecular weight excluding hydrogens is 212 g/mol. The van der Waals surface area contributed by atoms with Gasteiger partial charge in [-0.05, 0) is 11.6 Å². The lowest BCUT2D eigenvalue weighted by Gasteiger charge is -2.12. The van der Waals surface area contributed by atoms with E-state index in [1.165, 1.54) is 0 Å². The van der Waals surface area contributed by atoms with Gasteiger partial charge in [0.05, 0.1) is 0 Å². The van der Waals surface area contributed by atoms with E-state index in [4.69, 9.17) is 0 Å². The van der Waals surface area contributed by atoms with Crippen molar-refractivity contribution in [1.82, 2.24) is 0 Å². The van der Waals surface area contributed by atoms with Crippen molar-refractivity contribution in [2.45, 2.75) is 12.3 Å². The first-order valence-corrected chi connectivity index (χ1v) is 5.67. The molecule has 0 fully saturated rings. The van der Waals surface area contributed by atoms with Crippen molar-refractivity contribution >= 4 is 5.78 Å². The lowest BCUT2D eigenvalue weighted by atomic mass is 9.92. The molecule has 0 heterocycles. The van der Waals surface area contributed by atoms with Gasteiger partial charge in [0.15, 0.2) is 5.78 Å². The van der Waals surface area contributed by atoms with E-state index in [0.29, 0.717) is 12.0 Å². The highest BCUT2D eigenvalue weighted by atomic mass is 16.3. The minimum Gasteiger partial charge on any atom is -0.508 e. The van der Waals surface area contributed by atoms with Crippen molar-refractivity contribution in [1.29, 1.82) is 0 Å². The number of carbonyl (C=O) groups excluding carboxylic acids is 1. The van der Waals surface area contributed by atoms with Gasteiger partial charge in [-0.2, -0.15) is 0 Å². The van der Waals surface area contributed by atoms with Crippen LogP contribution < -0.4 is 0 Å². The third-order valence-electron chi connectivity index (χ3n) is 3.32. The smallest absolute Gasteiger partial charge is 0.164 e. The first-order chi connectivity index (χ1) is 8.27. The lowest BCUT2D eigenvalue weighted by molar-refractivity contribution is 0.0991. The first kappa shape index (κ1) is 10.1. The van der Waals surface area contributed by atoms with E-state index in [1.807, 2.05) is 30.3 Å². The molecule has 1 atom stereocenters. The summed E-state index contributed by atoms with van der Waals surface area (Å²) in [6, 6.07) is 15.0. The van der Waals surface area contributed by atoms with E-state index >= 15 is 0 Å². The zero-order valence-electron chi connectivity index (χ0n) is 9.26. The summed E-state index contributed by atoms with van der Waals surface area (Å²) in [6.45, 7) is 0. The molecule has 0 bridgehead atoms. The Balaban J connectivity index is 2.16.